The van der Waals surface area contributed by atoms with E-state index in [1.807, 2.05) is 49.7 Å². The van der Waals surface area contributed by atoms with Gasteiger partial charge in [0.15, 0.2) is 11.0 Å². The maximum absolute atomic E-state index is 11.8. The van der Waals surface area contributed by atoms with E-state index in [0.717, 1.165) is 11.4 Å². The van der Waals surface area contributed by atoms with Crippen LogP contribution in [0.4, 0.5) is 0 Å². The van der Waals surface area contributed by atoms with E-state index in [2.05, 4.69) is 15.5 Å². The zero-order valence-corrected chi connectivity index (χ0v) is 13.7. The Bertz CT molecular complexity index is 626. The summed E-state index contributed by atoms with van der Waals surface area (Å²) in [5.74, 6) is 0.746. The largest absolute Gasteiger partial charge is 0.355 e. The first kappa shape index (κ1) is 15.9. The van der Waals surface area contributed by atoms with E-state index >= 15 is 0 Å². The molecule has 0 radical (unpaired) electrons. The summed E-state index contributed by atoms with van der Waals surface area (Å²) in [6, 6.07) is 7.42. The van der Waals surface area contributed by atoms with Gasteiger partial charge in [0.2, 0.25) is 5.91 Å². The minimum atomic E-state index is -0.217. The van der Waals surface area contributed by atoms with Gasteiger partial charge in [-0.2, -0.15) is 0 Å². The molecule has 0 saturated heterocycles. The highest BCUT2D eigenvalue weighted by atomic mass is 35.5. The van der Waals surface area contributed by atoms with Gasteiger partial charge < -0.3 is 9.88 Å². The third-order valence-corrected chi connectivity index (χ3v) is 4.33. The van der Waals surface area contributed by atoms with E-state index in [1.165, 1.54) is 11.8 Å². The van der Waals surface area contributed by atoms with Crippen molar-refractivity contribution in [1.29, 1.82) is 0 Å². The van der Waals surface area contributed by atoms with Crippen LogP contribution in [0.2, 0.25) is 5.02 Å². The van der Waals surface area contributed by atoms with E-state index in [-0.39, 0.29) is 11.2 Å². The Hall–Kier alpha value is -1.53. The molecule has 0 fully saturated rings. The van der Waals surface area contributed by atoms with Gasteiger partial charge in [0, 0.05) is 24.2 Å². The van der Waals surface area contributed by atoms with Crippen LogP contribution in [0.3, 0.4) is 0 Å². The van der Waals surface area contributed by atoms with Crippen molar-refractivity contribution in [2.24, 2.45) is 7.05 Å². The predicted molar refractivity (Wildman–Crippen MR) is 85.5 cm³/mol. The lowest BCUT2D eigenvalue weighted by Crippen LogP contribution is -2.30. The first-order chi connectivity index (χ1) is 10.0. The SMILES string of the molecule is CCNC(=O)[C@H](C)Sc1nnc(-c2ccc(Cl)cc2)n1C. The zero-order valence-electron chi connectivity index (χ0n) is 12.1. The van der Waals surface area contributed by atoms with Gasteiger partial charge in [-0.25, -0.2) is 0 Å². The van der Waals surface area contributed by atoms with Crippen LogP contribution >= 0.6 is 23.4 Å². The van der Waals surface area contributed by atoms with Crippen molar-refractivity contribution in [3.05, 3.63) is 29.3 Å². The number of amides is 1. The molecule has 112 valence electrons. The fraction of sp³-hybridized carbons (Fsp3) is 0.357. The molecule has 2 aromatic rings. The molecule has 5 nitrogen and oxygen atoms in total. The number of rotatable bonds is 5. The van der Waals surface area contributed by atoms with E-state index in [0.29, 0.717) is 16.7 Å². The van der Waals surface area contributed by atoms with Gasteiger partial charge in [0.1, 0.15) is 0 Å². The lowest BCUT2D eigenvalue weighted by molar-refractivity contribution is -0.120. The van der Waals surface area contributed by atoms with Crippen molar-refractivity contribution >= 4 is 29.3 Å². The Labute approximate surface area is 133 Å². The van der Waals surface area contributed by atoms with Crippen LogP contribution in [0, 0.1) is 0 Å². The molecule has 1 aromatic heterocycles. The molecule has 1 amide bonds. The van der Waals surface area contributed by atoms with E-state index < -0.39 is 0 Å². The van der Waals surface area contributed by atoms with Crippen LogP contribution in [-0.2, 0) is 11.8 Å². The maximum atomic E-state index is 11.8. The molecular weight excluding hydrogens is 308 g/mol. The number of carbonyl (C=O) groups is 1. The number of hydrogen-bond donors (Lipinski definition) is 1. The third kappa shape index (κ3) is 3.77. The molecule has 0 unspecified atom stereocenters. The summed E-state index contributed by atoms with van der Waals surface area (Å²) in [5, 5.41) is 12.3. The summed E-state index contributed by atoms with van der Waals surface area (Å²) in [4.78, 5) is 11.8. The summed E-state index contributed by atoms with van der Waals surface area (Å²) in [6.07, 6.45) is 0. The molecule has 0 spiro atoms. The molecule has 1 heterocycles. The maximum Gasteiger partial charge on any atom is 0.233 e. The zero-order chi connectivity index (χ0) is 15.4. The Morgan fingerprint density at radius 3 is 2.67 bits per heavy atom. The van der Waals surface area contributed by atoms with Crippen LogP contribution in [0.5, 0.6) is 0 Å². The standard InChI is InChI=1S/C14H17ClN4OS/c1-4-16-13(20)9(2)21-14-18-17-12(19(14)3)10-5-7-11(15)8-6-10/h5-9H,4H2,1-3H3,(H,16,20)/t9-/m0/s1. The summed E-state index contributed by atoms with van der Waals surface area (Å²) < 4.78 is 1.88. The molecule has 0 aliphatic carbocycles. The topological polar surface area (TPSA) is 59.8 Å². The van der Waals surface area contributed by atoms with Crippen molar-refractivity contribution < 1.29 is 4.79 Å². The first-order valence-corrected chi connectivity index (χ1v) is 7.88. The Morgan fingerprint density at radius 2 is 2.05 bits per heavy atom. The van der Waals surface area contributed by atoms with Crippen LogP contribution in [0.1, 0.15) is 13.8 Å². The van der Waals surface area contributed by atoms with Crippen molar-refractivity contribution in [2.45, 2.75) is 24.3 Å². The van der Waals surface area contributed by atoms with Gasteiger partial charge >= 0.3 is 0 Å². The van der Waals surface area contributed by atoms with Gasteiger partial charge in [0.25, 0.3) is 0 Å². The van der Waals surface area contributed by atoms with Gasteiger partial charge in [-0.1, -0.05) is 23.4 Å². The predicted octanol–water partition coefficient (Wildman–Crippen LogP) is 2.75. The molecule has 0 saturated carbocycles. The van der Waals surface area contributed by atoms with Crippen molar-refractivity contribution in [3.63, 3.8) is 0 Å². The second-order valence-corrected chi connectivity index (χ2v) is 6.27. The van der Waals surface area contributed by atoms with Crippen LogP contribution in [0.15, 0.2) is 29.4 Å². The summed E-state index contributed by atoms with van der Waals surface area (Å²) >= 11 is 7.27. The molecule has 2 rings (SSSR count). The highest BCUT2D eigenvalue weighted by Gasteiger charge is 2.18. The summed E-state index contributed by atoms with van der Waals surface area (Å²) in [6.45, 7) is 4.38. The van der Waals surface area contributed by atoms with Crippen LogP contribution in [0.25, 0.3) is 11.4 Å². The molecular formula is C14H17ClN4OS. The molecule has 0 aliphatic heterocycles. The Morgan fingerprint density at radius 1 is 1.38 bits per heavy atom. The smallest absolute Gasteiger partial charge is 0.233 e. The van der Waals surface area contributed by atoms with Gasteiger partial charge in [-0.3, -0.25) is 4.79 Å². The van der Waals surface area contributed by atoms with Crippen molar-refractivity contribution in [3.8, 4) is 11.4 Å². The van der Waals surface area contributed by atoms with Crippen molar-refractivity contribution in [1.82, 2.24) is 20.1 Å². The quantitative estimate of drug-likeness (QED) is 0.859. The normalized spacial score (nSPS) is 12.2. The number of nitrogens with one attached hydrogen (secondary N) is 1. The highest BCUT2D eigenvalue weighted by Crippen LogP contribution is 2.26. The molecule has 21 heavy (non-hydrogen) atoms. The van der Waals surface area contributed by atoms with E-state index in [4.69, 9.17) is 11.6 Å². The minimum absolute atomic E-state index is 0.00135. The third-order valence-electron chi connectivity index (χ3n) is 2.94. The Kier molecular flexibility index (Phi) is 5.25. The molecule has 1 atom stereocenters. The highest BCUT2D eigenvalue weighted by molar-refractivity contribution is 8.00. The average Bonchev–Trinajstić information content (AvgIpc) is 2.81. The minimum Gasteiger partial charge on any atom is -0.355 e. The van der Waals surface area contributed by atoms with E-state index in [9.17, 15) is 4.79 Å². The molecule has 1 aromatic carbocycles. The average molecular weight is 325 g/mol. The number of aromatic nitrogens is 3. The second kappa shape index (κ2) is 6.95. The molecule has 1 N–H and O–H groups in total. The number of nitrogens with zero attached hydrogens (tertiary/aromatic N) is 3. The fourth-order valence-corrected chi connectivity index (χ4v) is 2.76. The molecule has 0 bridgehead atoms. The number of benzene rings is 1. The first-order valence-electron chi connectivity index (χ1n) is 6.62. The van der Waals surface area contributed by atoms with Gasteiger partial charge in [0.05, 0.1) is 5.25 Å². The van der Waals surface area contributed by atoms with Crippen molar-refractivity contribution in [2.75, 3.05) is 6.54 Å². The van der Waals surface area contributed by atoms with Gasteiger partial charge in [-0.15, -0.1) is 10.2 Å². The van der Waals surface area contributed by atoms with E-state index in [1.54, 1.807) is 0 Å². The molecule has 7 heteroatoms. The van der Waals surface area contributed by atoms with Gasteiger partial charge in [-0.05, 0) is 38.1 Å². The summed E-state index contributed by atoms with van der Waals surface area (Å²) in [7, 11) is 1.89. The lowest BCUT2D eigenvalue weighted by atomic mass is 10.2. The number of halogens is 1. The Balaban J connectivity index is 2.17. The number of carbonyl (C=O) groups excluding carboxylic acids is 1. The van der Waals surface area contributed by atoms with Crippen LogP contribution in [-0.4, -0.2) is 32.5 Å². The second-order valence-electron chi connectivity index (χ2n) is 4.53. The fourth-order valence-electron chi connectivity index (χ4n) is 1.80. The molecule has 0 aliphatic rings. The number of thioether (sulfide) groups is 1. The summed E-state index contributed by atoms with van der Waals surface area (Å²) in [5.41, 5.74) is 0.937. The number of hydrogen-bond acceptors (Lipinski definition) is 4. The monoisotopic (exact) mass is 324 g/mol. The lowest BCUT2D eigenvalue weighted by Gasteiger charge is -2.10. The van der Waals surface area contributed by atoms with Crippen LogP contribution < -0.4 is 5.32 Å².